The van der Waals surface area contributed by atoms with Gasteiger partial charge in [-0.3, -0.25) is 14.4 Å². The highest BCUT2D eigenvalue weighted by molar-refractivity contribution is 5.71. The molecule has 0 aromatic rings. The van der Waals surface area contributed by atoms with Crippen LogP contribution in [0.1, 0.15) is 329 Å². The summed E-state index contributed by atoms with van der Waals surface area (Å²) in [5.74, 6) is 0.00790. The molecule has 0 unspecified atom stereocenters. The first-order valence-corrected chi connectivity index (χ1v) is 28.9. The highest BCUT2D eigenvalue weighted by Gasteiger charge is 2.19. The summed E-state index contributed by atoms with van der Waals surface area (Å²) in [5.41, 5.74) is 0. The summed E-state index contributed by atoms with van der Waals surface area (Å²) in [6.07, 6.45) is 56.6. The number of esters is 3. The molecule has 0 heterocycles. The van der Waals surface area contributed by atoms with Gasteiger partial charge in [0, 0.05) is 19.3 Å². The van der Waals surface area contributed by atoms with Gasteiger partial charge in [0.15, 0.2) is 6.10 Å². The standard InChI is InChI=1S/C58H112O6/c1-5-7-9-11-13-15-17-19-20-21-22-26-30-34-38-42-46-50-57(60)63-53-55(52-62-56(59)49-45-41-37-33-29-18-16-14-12-10-8-6-2)64-58(61)51-47-43-39-35-31-27-24-23-25-28-32-36-40-44-48-54(3)4/h54-55H,5-53H2,1-4H3/t55-/m0/s1. The molecule has 0 aromatic carbocycles. The van der Waals surface area contributed by atoms with Crippen LogP contribution in [0.2, 0.25) is 0 Å². The van der Waals surface area contributed by atoms with Crippen molar-refractivity contribution in [2.45, 2.75) is 336 Å². The zero-order valence-electron chi connectivity index (χ0n) is 43.8. The maximum absolute atomic E-state index is 12.8. The minimum absolute atomic E-state index is 0.0618. The van der Waals surface area contributed by atoms with Gasteiger partial charge in [-0.15, -0.1) is 0 Å². The van der Waals surface area contributed by atoms with E-state index in [1.807, 2.05) is 0 Å². The van der Waals surface area contributed by atoms with Gasteiger partial charge < -0.3 is 14.2 Å². The number of hydrogen-bond donors (Lipinski definition) is 0. The smallest absolute Gasteiger partial charge is 0.306 e. The Kier molecular flexibility index (Phi) is 51.1. The van der Waals surface area contributed by atoms with Crippen molar-refractivity contribution in [1.29, 1.82) is 0 Å². The number of carbonyl (C=O) groups excluding carboxylic acids is 3. The Morgan fingerprint density at radius 3 is 0.766 bits per heavy atom. The van der Waals surface area contributed by atoms with Crippen molar-refractivity contribution in [3.8, 4) is 0 Å². The van der Waals surface area contributed by atoms with E-state index in [0.717, 1.165) is 63.7 Å². The fourth-order valence-electron chi connectivity index (χ4n) is 8.92. The van der Waals surface area contributed by atoms with Crippen LogP contribution in [-0.4, -0.2) is 37.2 Å². The number of hydrogen-bond acceptors (Lipinski definition) is 6. The van der Waals surface area contributed by atoms with E-state index in [4.69, 9.17) is 14.2 Å². The maximum atomic E-state index is 12.8. The van der Waals surface area contributed by atoms with Gasteiger partial charge in [-0.2, -0.15) is 0 Å². The Bertz CT molecular complexity index is 964. The molecule has 1 atom stereocenters. The number of unbranched alkanes of at least 4 members (excludes halogenated alkanes) is 40. The van der Waals surface area contributed by atoms with E-state index >= 15 is 0 Å². The third-order valence-corrected chi connectivity index (χ3v) is 13.3. The van der Waals surface area contributed by atoms with Crippen LogP contribution in [0.25, 0.3) is 0 Å². The Morgan fingerprint density at radius 2 is 0.516 bits per heavy atom. The Hall–Kier alpha value is -1.59. The molecule has 64 heavy (non-hydrogen) atoms. The van der Waals surface area contributed by atoms with E-state index in [1.165, 1.54) is 225 Å². The first kappa shape index (κ1) is 62.4. The second kappa shape index (κ2) is 52.4. The highest BCUT2D eigenvalue weighted by atomic mass is 16.6. The van der Waals surface area contributed by atoms with E-state index in [9.17, 15) is 14.4 Å². The zero-order valence-corrected chi connectivity index (χ0v) is 43.8. The van der Waals surface area contributed by atoms with Crippen LogP contribution in [0.4, 0.5) is 0 Å². The molecular weight excluding hydrogens is 793 g/mol. The summed E-state index contributed by atoms with van der Waals surface area (Å²) in [4.78, 5) is 38.1. The summed E-state index contributed by atoms with van der Waals surface area (Å²) >= 11 is 0. The fraction of sp³-hybridized carbons (Fsp3) is 0.948. The van der Waals surface area contributed by atoms with Crippen LogP contribution in [-0.2, 0) is 28.6 Å². The van der Waals surface area contributed by atoms with Crippen LogP contribution in [0.3, 0.4) is 0 Å². The van der Waals surface area contributed by atoms with Crippen molar-refractivity contribution in [3.63, 3.8) is 0 Å². The second-order valence-corrected chi connectivity index (χ2v) is 20.4. The number of rotatable bonds is 53. The van der Waals surface area contributed by atoms with Crippen LogP contribution in [0.5, 0.6) is 0 Å². The normalized spacial score (nSPS) is 12.0. The fourth-order valence-corrected chi connectivity index (χ4v) is 8.92. The minimum atomic E-state index is -0.761. The Morgan fingerprint density at radius 1 is 0.297 bits per heavy atom. The molecule has 0 spiro atoms. The van der Waals surface area contributed by atoms with Crippen molar-refractivity contribution in [1.82, 2.24) is 0 Å². The molecule has 0 rings (SSSR count). The van der Waals surface area contributed by atoms with Gasteiger partial charge in [-0.25, -0.2) is 0 Å². The lowest BCUT2D eigenvalue weighted by atomic mass is 10.0. The largest absolute Gasteiger partial charge is 0.462 e. The molecule has 0 amide bonds. The van der Waals surface area contributed by atoms with Gasteiger partial charge in [-0.05, 0) is 25.2 Å². The topological polar surface area (TPSA) is 78.9 Å². The van der Waals surface area contributed by atoms with Crippen LogP contribution >= 0.6 is 0 Å². The van der Waals surface area contributed by atoms with Crippen LogP contribution in [0.15, 0.2) is 0 Å². The lowest BCUT2D eigenvalue weighted by molar-refractivity contribution is -0.167. The summed E-state index contributed by atoms with van der Waals surface area (Å²) in [5, 5.41) is 0. The SMILES string of the molecule is CCCCCCCCCCCCCCCCCCCC(=O)OC[C@H](COC(=O)CCCCCCCCCCCCCC)OC(=O)CCCCCCCCCCCCCCCCC(C)C. The summed E-state index contributed by atoms with van der Waals surface area (Å²) in [6, 6.07) is 0. The van der Waals surface area contributed by atoms with Crippen molar-refractivity contribution >= 4 is 17.9 Å². The monoisotopic (exact) mass is 905 g/mol. The molecule has 0 aliphatic rings. The van der Waals surface area contributed by atoms with Gasteiger partial charge in [-0.1, -0.05) is 291 Å². The summed E-state index contributed by atoms with van der Waals surface area (Å²) < 4.78 is 16.9. The maximum Gasteiger partial charge on any atom is 0.306 e. The first-order valence-electron chi connectivity index (χ1n) is 28.9. The van der Waals surface area contributed by atoms with Gasteiger partial charge in [0.2, 0.25) is 0 Å². The third-order valence-electron chi connectivity index (χ3n) is 13.3. The quantitative estimate of drug-likeness (QED) is 0.0344. The molecule has 0 radical (unpaired) electrons. The third kappa shape index (κ3) is 51.4. The molecular formula is C58H112O6. The second-order valence-electron chi connectivity index (χ2n) is 20.4. The van der Waals surface area contributed by atoms with E-state index in [2.05, 4.69) is 27.7 Å². The molecule has 0 aliphatic heterocycles. The molecule has 0 bridgehead atoms. The summed E-state index contributed by atoms with van der Waals surface area (Å²) in [7, 11) is 0. The average molecular weight is 906 g/mol. The molecule has 0 fully saturated rings. The minimum Gasteiger partial charge on any atom is -0.462 e. The van der Waals surface area contributed by atoms with Gasteiger partial charge in [0.1, 0.15) is 13.2 Å². The first-order chi connectivity index (χ1) is 31.4. The molecule has 380 valence electrons. The predicted molar refractivity (Wildman–Crippen MR) is 275 cm³/mol. The van der Waals surface area contributed by atoms with Crippen molar-refractivity contribution in [2.75, 3.05) is 13.2 Å². The Balaban J connectivity index is 4.28. The van der Waals surface area contributed by atoms with Crippen molar-refractivity contribution < 1.29 is 28.6 Å². The van der Waals surface area contributed by atoms with E-state index in [1.54, 1.807) is 0 Å². The van der Waals surface area contributed by atoms with Crippen molar-refractivity contribution in [3.05, 3.63) is 0 Å². The highest BCUT2D eigenvalue weighted by Crippen LogP contribution is 2.18. The molecule has 0 saturated heterocycles. The molecule has 0 N–H and O–H groups in total. The van der Waals surface area contributed by atoms with Crippen LogP contribution in [0, 0.1) is 5.92 Å². The average Bonchev–Trinajstić information content (AvgIpc) is 3.28. The van der Waals surface area contributed by atoms with Gasteiger partial charge >= 0.3 is 17.9 Å². The van der Waals surface area contributed by atoms with Gasteiger partial charge in [0.05, 0.1) is 0 Å². The van der Waals surface area contributed by atoms with E-state index in [-0.39, 0.29) is 31.1 Å². The van der Waals surface area contributed by atoms with E-state index in [0.29, 0.717) is 19.3 Å². The lowest BCUT2D eigenvalue weighted by Crippen LogP contribution is -2.30. The number of ether oxygens (including phenoxy) is 3. The zero-order chi connectivity index (χ0) is 46.7. The summed E-state index contributed by atoms with van der Waals surface area (Å²) in [6.45, 7) is 9.06. The lowest BCUT2D eigenvalue weighted by Gasteiger charge is -2.18. The molecule has 0 saturated carbocycles. The molecule has 6 heteroatoms. The van der Waals surface area contributed by atoms with Gasteiger partial charge in [0.25, 0.3) is 0 Å². The van der Waals surface area contributed by atoms with Crippen molar-refractivity contribution in [2.24, 2.45) is 5.92 Å². The van der Waals surface area contributed by atoms with Crippen LogP contribution < -0.4 is 0 Å². The predicted octanol–water partition coefficient (Wildman–Crippen LogP) is 19.0. The van der Waals surface area contributed by atoms with E-state index < -0.39 is 6.10 Å². The molecule has 0 aromatic heterocycles. The molecule has 0 aliphatic carbocycles. The number of carbonyl (C=O) groups is 3. The molecule has 6 nitrogen and oxygen atoms in total. The Labute approximate surface area is 399 Å².